The topological polar surface area (TPSA) is 87.8 Å². The molecule has 2 aromatic rings. The number of carbonyl (C=O) groups excluding carboxylic acids is 1. The van der Waals surface area contributed by atoms with Crippen molar-refractivity contribution in [3.63, 3.8) is 0 Å². The summed E-state index contributed by atoms with van der Waals surface area (Å²) in [5.74, 6) is 0.121. The smallest absolute Gasteiger partial charge is 0.226 e. The summed E-state index contributed by atoms with van der Waals surface area (Å²) < 4.78 is 5.75. The highest BCUT2D eigenvalue weighted by Crippen LogP contribution is 2.31. The van der Waals surface area contributed by atoms with E-state index in [-0.39, 0.29) is 5.91 Å². The van der Waals surface area contributed by atoms with Crippen molar-refractivity contribution in [3.8, 4) is 0 Å². The first kappa shape index (κ1) is 29.4. The lowest BCUT2D eigenvalue weighted by Crippen LogP contribution is -2.23. The zero-order valence-electron chi connectivity index (χ0n) is 20.9. The minimum atomic E-state index is -0.681. The fourth-order valence-electron chi connectivity index (χ4n) is 3.58. The average Bonchev–Trinajstić information content (AvgIpc) is 2.83. The number of aliphatic hydroxyl groups is 1. The maximum absolute atomic E-state index is 11.8. The number of unbranched alkanes of at least 4 members (excludes halogenated alkanes) is 3. The van der Waals surface area contributed by atoms with Crippen LogP contribution in [0.1, 0.15) is 54.9 Å². The average molecular weight is 525 g/mol. The lowest BCUT2D eigenvalue weighted by atomic mass is 10.0. The van der Waals surface area contributed by atoms with Crippen molar-refractivity contribution in [2.45, 2.75) is 51.0 Å². The van der Waals surface area contributed by atoms with Crippen molar-refractivity contribution in [2.24, 2.45) is 0 Å². The molecule has 35 heavy (non-hydrogen) atoms. The van der Waals surface area contributed by atoms with Crippen molar-refractivity contribution < 1.29 is 14.6 Å². The summed E-state index contributed by atoms with van der Waals surface area (Å²) in [6.07, 6.45) is 6.05. The molecule has 8 heteroatoms. The lowest BCUT2D eigenvalue weighted by molar-refractivity contribution is -0.127. The molecule has 0 heterocycles. The maximum atomic E-state index is 11.8. The van der Waals surface area contributed by atoms with Crippen LogP contribution in [0.3, 0.4) is 0 Å². The first-order chi connectivity index (χ1) is 16.8. The number of likely N-dealkylation sites (N-methyl/N-ethyl adjacent to an activating group) is 1. The first-order valence-corrected chi connectivity index (χ1v) is 13.0. The standard InChI is InChI=1S/C27H39Cl2N3O3/c1-32(2)26(34)16-21-11-9-20(10-12-21)8-4-7-15-35-14-6-3-5-13-31-19-25(33)22-17-23(28)27(30)24(29)18-22/h9-12,17-18,25,31,33H,3-8,13-16,19,30H2,1-2H3. The van der Waals surface area contributed by atoms with Gasteiger partial charge in [-0.05, 0) is 73.9 Å². The van der Waals surface area contributed by atoms with Crippen LogP contribution in [0.4, 0.5) is 5.69 Å². The SMILES string of the molecule is CN(C)C(=O)Cc1ccc(CCCCOCCCCCNCC(O)c2cc(Cl)c(N)c(Cl)c2)cc1. The zero-order chi connectivity index (χ0) is 25.6. The van der Waals surface area contributed by atoms with E-state index in [4.69, 9.17) is 33.7 Å². The molecule has 1 amide bonds. The quantitative estimate of drug-likeness (QED) is 0.212. The fraction of sp³-hybridized carbons (Fsp3) is 0.519. The van der Waals surface area contributed by atoms with Crippen molar-refractivity contribution in [2.75, 3.05) is 46.1 Å². The van der Waals surface area contributed by atoms with E-state index in [0.717, 1.165) is 63.8 Å². The highest BCUT2D eigenvalue weighted by atomic mass is 35.5. The molecular weight excluding hydrogens is 485 g/mol. The molecule has 0 saturated carbocycles. The maximum Gasteiger partial charge on any atom is 0.226 e. The Bertz CT molecular complexity index is 884. The largest absolute Gasteiger partial charge is 0.396 e. The van der Waals surface area contributed by atoms with Crippen LogP contribution in [-0.2, 0) is 22.4 Å². The van der Waals surface area contributed by atoms with Crippen LogP contribution in [-0.4, -0.2) is 56.3 Å². The van der Waals surface area contributed by atoms with E-state index in [0.29, 0.717) is 34.3 Å². The third-order valence-electron chi connectivity index (χ3n) is 5.85. The van der Waals surface area contributed by atoms with Gasteiger partial charge in [0.25, 0.3) is 0 Å². The summed E-state index contributed by atoms with van der Waals surface area (Å²) in [4.78, 5) is 13.4. The number of hydrogen-bond acceptors (Lipinski definition) is 5. The third kappa shape index (κ3) is 11.2. The highest BCUT2D eigenvalue weighted by Gasteiger charge is 2.12. The van der Waals surface area contributed by atoms with Gasteiger partial charge in [0, 0.05) is 33.9 Å². The minimum Gasteiger partial charge on any atom is -0.396 e. The third-order valence-corrected chi connectivity index (χ3v) is 6.47. The summed E-state index contributed by atoms with van der Waals surface area (Å²) in [5.41, 5.74) is 9.07. The van der Waals surface area contributed by atoms with Crippen LogP contribution in [0.25, 0.3) is 0 Å². The second-order valence-corrected chi connectivity index (χ2v) is 9.84. The molecule has 6 nitrogen and oxygen atoms in total. The van der Waals surface area contributed by atoms with Gasteiger partial charge in [0.15, 0.2) is 0 Å². The second kappa shape index (κ2) is 16.0. The second-order valence-electron chi connectivity index (χ2n) is 9.03. The first-order valence-electron chi connectivity index (χ1n) is 12.3. The van der Waals surface area contributed by atoms with E-state index in [1.54, 1.807) is 31.1 Å². The molecular formula is C27H39Cl2N3O3. The molecule has 2 aromatic carbocycles. The number of hydrogen-bond donors (Lipinski definition) is 3. The normalized spacial score (nSPS) is 12.0. The summed E-state index contributed by atoms with van der Waals surface area (Å²) in [6, 6.07) is 11.6. The van der Waals surface area contributed by atoms with Gasteiger partial charge in [0.1, 0.15) is 0 Å². The van der Waals surface area contributed by atoms with Crippen molar-refractivity contribution >= 4 is 34.8 Å². The Morgan fingerprint density at radius 3 is 2.23 bits per heavy atom. The van der Waals surface area contributed by atoms with Gasteiger partial charge in [0.2, 0.25) is 5.91 Å². The molecule has 0 saturated heterocycles. The summed E-state index contributed by atoms with van der Waals surface area (Å²) in [6.45, 7) is 2.83. The predicted molar refractivity (Wildman–Crippen MR) is 145 cm³/mol. The van der Waals surface area contributed by atoms with Crippen LogP contribution in [0.15, 0.2) is 36.4 Å². The van der Waals surface area contributed by atoms with E-state index in [1.165, 1.54) is 5.56 Å². The number of nitrogen functional groups attached to an aromatic ring is 1. The molecule has 0 aliphatic carbocycles. The molecule has 0 aliphatic rings. The van der Waals surface area contributed by atoms with E-state index < -0.39 is 6.10 Å². The van der Waals surface area contributed by atoms with E-state index in [1.807, 2.05) is 12.1 Å². The number of aryl methyl sites for hydroxylation is 1. The van der Waals surface area contributed by atoms with Crippen LogP contribution < -0.4 is 11.1 Å². The van der Waals surface area contributed by atoms with E-state index in [2.05, 4.69) is 17.4 Å². The van der Waals surface area contributed by atoms with Crippen molar-refractivity contribution in [1.82, 2.24) is 10.2 Å². The minimum absolute atomic E-state index is 0.121. The van der Waals surface area contributed by atoms with E-state index in [9.17, 15) is 9.90 Å². The van der Waals surface area contributed by atoms with Gasteiger partial charge in [-0.2, -0.15) is 0 Å². The molecule has 0 fully saturated rings. The lowest BCUT2D eigenvalue weighted by Gasteiger charge is -2.14. The Labute approximate surface area is 219 Å². The number of carbonyl (C=O) groups is 1. The number of nitrogens with one attached hydrogen (secondary N) is 1. The van der Waals surface area contributed by atoms with Crippen LogP contribution >= 0.6 is 23.2 Å². The molecule has 0 bridgehead atoms. The Morgan fingerprint density at radius 2 is 1.60 bits per heavy atom. The number of aliphatic hydroxyl groups excluding tert-OH is 1. The molecule has 0 radical (unpaired) electrons. The molecule has 194 valence electrons. The number of nitrogens with zero attached hydrogens (tertiary/aromatic N) is 1. The van der Waals surface area contributed by atoms with Crippen LogP contribution in [0.5, 0.6) is 0 Å². The van der Waals surface area contributed by atoms with Gasteiger partial charge in [-0.25, -0.2) is 0 Å². The Hall–Kier alpha value is -1.83. The summed E-state index contributed by atoms with van der Waals surface area (Å²) in [5, 5.41) is 14.3. The molecule has 0 aromatic heterocycles. The van der Waals surface area contributed by atoms with Crippen molar-refractivity contribution in [3.05, 3.63) is 63.1 Å². The number of amides is 1. The number of ether oxygens (including phenoxy) is 1. The molecule has 1 atom stereocenters. The highest BCUT2D eigenvalue weighted by molar-refractivity contribution is 6.38. The number of nitrogens with two attached hydrogens (primary N) is 1. The molecule has 0 spiro atoms. The fourth-order valence-corrected chi connectivity index (χ4v) is 4.08. The Morgan fingerprint density at radius 1 is 1.00 bits per heavy atom. The van der Waals surface area contributed by atoms with Gasteiger partial charge in [-0.1, -0.05) is 47.5 Å². The number of anilines is 1. The van der Waals surface area contributed by atoms with Gasteiger partial charge < -0.3 is 25.8 Å². The zero-order valence-corrected chi connectivity index (χ0v) is 22.4. The molecule has 1 unspecified atom stereocenters. The van der Waals surface area contributed by atoms with E-state index >= 15 is 0 Å². The van der Waals surface area contributed by atoms with Crippen LogP contribution in [0, 0.1) is 0 Å². The Kier molecular flexibility index (Phi) is 13.5. The monoisotopic (exact) mass is 523 g/mol. The molecule has 0 aliphatic heterocycles. The van der Waals surface area contributed by atoms with Crippen LogP contribution in [0.2, 0.25) is 10.0 Å². The van der Waals surface area contributed by atoms with Gasteiger partial charge in [0.05, 0.1) is 28.3 Å². The van der Waals surface area contributed by atoms with Crippen molar-refractivity contribution in [1.29, 1.82) is 0 Å². The number of benzene rings is 2. The number of halogens is 2. The van der Waals surface area contributed by atoms with Gasteiger partial charge in [-0.3, -0.25) is 4.79 Å². The molecule has 2 rings (SSSR count). The summed E-state index contributed by atoms with van der Waals surface area (Å²) in [7, 11) is 3.56. The Balaban J connectivity index is 1.44. The van der Waals surface area contributed by atoms with Gasteiger partial charge >= 0.3 is 0 Å². The number of rotatable bonds is 16. The molecule has 4 N–H and O–H groups in total. The predicted octanol–water partition coefficient (Wildman–Crippen LogP) is 5.04. The summed E-state index contributed by atoms with van der Waals surface area (Å²) >= 11 is 12.1. The van der Waals surface area contributed by atoms with Gasteiger partial charge in [-0.15, -0.1) is 0 Å².